The molecule has 0 aromatic heterocycles. The second-order valence-electron chi connectivity index (χ2n) is 2.91. The van der Waals surface area contributed by atoms with Crippen molar-refractivity contribution in [2.75, 3.05) is 7.05 Å². The van der Waals surface area contributed by atoms with Gasteiger partial charge in [-0.25, -0.2) is 13.1 Å². The molecular formula is C9H10ClNO3S. The van der Waals surface area contributed by atoms with E-state index in [-0.39, 0.29) is 15.7 Å². The monoisotopic (exact) mass is 247 g/mol. The summed E-state index contributed by atoms with van der Waals surface area (Å²) in [6, 6.07) is 4.14. The summed E-state index contributed by atoms with van der Waals surface area (Å²) in [6.45, 7) is 1.36. The molecular weight excluding hydrogens is 238 g/mol. The molecule has 82 valence electrons. The first-order chi connectivity index (χ1) is 6.88. The summed E-state index contributed by atoms with van der Waals surface area (Å²) in [6.07, 6.45) is 0. The third-order valence-corrected chi connectivity index (χ3v) is 3.79. The van der Waals surface area contributed by atoms with Gasteiger partial charge in [0.2, 0.25) is 10.0 Å². The molecule has 6 heteroatoms. The van der Waals surface area contributed by atoms with Crippen molar-refractivity contribution in [1.29, 1.82) is 0 Å². The van der Waals surface area contributed by atoms with Gasteiger partial charge < -0.3 is 0 Å². The summed E-state index contributed by atoms with van der Waals surface area (Å²) in [5, 5.41) is 0.0920. The Morgan fingerprint density at radius 1 is 1.40 bits per heavy atom. The molecule has 4 nitrogen and oxygen atoms in total. The van der Waals surface area contributed by atoms with E-state index < -0.39 is 10.0 Å². The van der Waals surface area contributed by atoms with Gasteiger partial charge in [-0.1, -0.05) is 11.6 Å². The van der Waals surface area contributed by atoms with Crippen LogP contribution >= 0.6 is 11.6 Å². The fraction of sp³-hybridized carbons (Fsp3) is 0.222. The molecule has 0 radical (unpaired) electrons. The summed E-state index contributed by atoms with van der Waals surface area (Å²) in [4.78, 5) is 11.0. The zero-order valence-corrected chi connectivity index (χ0v) is 9.82. The van der Waals surface area contributed by atoms with Crippen LogP contribution in [0.25, 0.3) is 0 Å². The molecule has 0 spiro atoms. The van der Waals surface area contributed by atoms with Crippen molar-refractivity contribution in [2.24, 2.45) is 0 Å². The Morgan fingerprint density at radius 2 is 2.00 bits per heavy atom. The van der Waals surface area contributed by atoms with E-state index >= 15 is 0 Å². The number of sulfonamides is 1. The average Bonchev–Trinajstić information content (AvgIpc) is 2.17. The third kappa shape index (κ3) is 2.56. The first kappa shape index (κ1) is 12.2. The van der Waals surface area contributed by atoms with Crippen LogP contribution in [0.15, 0.2) is 23.1 Å². The molecule has 1 aromatic carbocycles. The van der Waals surface area contributed by atoms with Gasteiger partial charge in [0, 0.05) is 5.56 Å². The van der Waals surface area contributed by atoms with E-state index in [9.17, 15) is 13.2 Å². The lowest BCUT2D eigenvalue weighted by Crippen LogP contribution is -2.19. The predicted molar refractivity (Wildman–Crippen MR) is 57.7 cm³/mol. The van der Waals surface area contributed by atoms with Gasteiger partial charge in [-0.3, -0.25) is 4.79 Å². The van der Waals surface area contributed by atoms with E-state index in [0.717, 1.165) is 0 Å². The molecule has 0 aliphatic carbocycles. The molecule has 1 rings (SSSR count). The lowest BCUT2D eigenvalue weighted by molar-refractivity contribution is 0.101. The highest BCUT2D eigenvalue weighted by molar-refractivity contribution is 7.89. The van der Waals surface area contributed by atoms with Gasteiger partial charge in [0.25, 0.3) is 0 Å². The van der Waals surface area contributed by atoms with Crippen LogP contribution in [0, 0.1) is 0 Å². The Morgan fingerprint density at radius 3 is 2.47 bits per heavy atom. The second kappa shape index (κ2) is 4.30. The number of ketones is 1. The first-order valence-electron chi connectivity index (χ1n) is 4.12. The summed E-state index contributed by atoms with van der Waals surface area (Å²) in [5.41, 5.74) is 0.313. The van der Waals surface area contributed by atoms with Crippen LogP contribution in [-0.2, 0) is 10.0 Å². The first-order valence-corrected chi connectivity index (χ1v) is 5.98. The minimum Gasteiger partial charge on any atom is -0.295 e. The number of hydrogen-bond donors (Lipinski definition) is 1. The normalized spacial score (nSPS) is 11.4. The Balaban J connectivity index is 3.42. The van der Waals surface area contributed by atoms with Crippen LogP contribution in [0.1, 0.15) is 17.3 Å². The van der Waals surface area contributed by atoms with Crippen LogP contribution < -0.4 is 4.72 Å². The molecule has 0 amide bonds. The number of carbonyl (C=O) groups excluding carboxylic acids is 1. The smallest absolute Gasteiger partial charge is 0.241 e. The molecule has 0 aliphatic rings. The minimum absolute atomic E-state index is 0.0839. The molecule has 15 heavy (non-hydrogen) atoms. The number of rotatable bonds is 3. The van der Waals surface area contributed by atoms with Gasteiger partial charge in [-0.2, -0.15) is 0 Å². The van der Waals surface area contributed by atoms with E-state index in [4.69, 9.17) is 11.6 Å². The van der Waals surface area contributed by atoms with Gasteiger partial charge in [0.1, 0.15) is 4.90 Å². The van der Waals surface area contributed by atoms with Crippen molar-refractivity contribution in [3.8, 4) is 0 Å². The topological polar surface area (TPSA) is 63.2 Å². The fourth-order valence-corrected chi connectivity index (χ4v) is 2.29. The van der Waals surface area contributed by atoms with Crippen LogP contribution in [-0.4, -0.2) is 21.2 Å². The van der Waals surface area contributed by atoms with Crippen molar-refractivity contribution >= 4 is 27.4 Å². The van der Waals surface area contributed by atoms with Crippen molar-refractivity contribution in [2.45, 2.75) is 11.8 Å². The van der Waals surface area contributed by atoms with Gasteiger partial charge in [0.05, 0.1) is 5.02 Å². The van der Waals surface area contributed by atoms with Gasteiger partial charge in [-0.05, 0) is 32.2 Å². The highest BCUT2D eigenvalue weighted by Gasteiger charge is 2.17. The maximum atomic E-state index is 11.5. The van der Waals surface area contributed by atoms with E-state index in [0.29, 0.717) is 5.56 Å². The molecule has 0 atom stereocenters. The van der Waals surface area contributed by atoms with E-state index in [1.54, 1.807) is 0 Å². The number of nitrogens with one attached hydrogen (secondary N) is 1. The van der Waals surface area contributed by atoms with Gasteiger partial charge in [-0.15, -0.1) is 0 Å². The lowest BCUT2D eigenvalue weighted by Gasteiger charge is -2.06. The second-order valence-corrected chi connectivity index (χ2v) is 5.17. The quantitative estimate of drug-likeness (QED) is 0.823. The summed E-state index contributed by atoms with van der Waals surface area (Å²) in [7, 11) is -2.34. The highest BCUT2D eigenvalue weighted by Crippen LogP contribution is 2.22. The van der Waals surface area contributed by atoms with Gasteiger partial charge in [0.15, 0.2) is 5.78 Å². The van der Waals surface area contributed by atoms with Crippen LogP contribution in [0.4, 0.5) is 0 Å². The molecule has 0 bridgehead atoms. The number of benzene rings is 1. The molecule has 0 saturated carbocycles. The SMILES string of the molecule is CNS(=O)(=O)c1cc(C(C)=O)ccc1Cl. The van der Waals surface area contributed by atoms with Crippen molar-refractivity contribution in [1.82, 2.24) is 4.72 Å². The minimum atomic E-state index is -3.62. The lowest BCUT2D eigenvalue weighted by atomic mass is 10.1. The molecule has 0 saturated heterocycles. The third-order valence-electron chi connectivity index (χ3n) is 1.90. The highest BCUT2D eigenvalue weighted by atomic mass is 35.5. The summed E-state index contributed by atoms with van der Waals surface area (Å²) >= 11 is 5.73. The van der Waals surface area contributed by atoms with Crippen LogP contribution in [0.5, 0.6) is 0 Å². The van der Waals surface area contributed by atoms with Crippen LogP contribution in [0.2, 0.25) is 5.02 Å². The summed E-state index contributed by atoms with van der Waals surface area (Å²) < 4.78 is 25.1. The maximum Gasteiger partial charge on any atom is 0.241 e. The number of halogens is 1. The summed E-state index contributed by atoms with van der Waals surface area (Å²) in [5.74, 6) is -0.209. The fourth-order valence-electron chi connectivity index (χ4n) is 1.04. The van der Waals surface area contributed by atoms with E-state index in [2.05, 4.69) is 4.72 Å². The van der Waals surface area contributed by atoms with E-state index in [1.807, 2.05) is 0 Å². The number of carbonyl (C=O) groups is 1. The molecule has 1 aromatic rings. The molecule has 0 unspecified atom stereocenters. The van der Waals surface area contributed by atoms with Crippen molar-refractivity contribution in [3.05, 3.63) is 28.8 Å². The molecule has 0 aliphatic heterocycles. The Bertz CT molecular complexity index is 496. The molecule has 0 heterocycles. The standard InChI is InChI=1S/C9H10ClNO3S/c1-6(12)7-3-4-8(10)9(5-7)15(13,14)11-2/h3-5,11H,1-2H3. The maximum absolute atomic E-state index is 11.5. The molecule has 0 fully saturated rings. The Labute approximate surface area is 93.3 Å². The number of Topliss-reactive ketones (excluding diaryl/α,β-unsaturated/α-hetero) is 1. The van der Waals surface area contributed by atoms with Crippen molar-refractivity contribution < 1.29 is 13.2 Å². The predicted octanol–water partition coefficient (Wildman–Crippen LogP) is 1.45. The van der Waals surface area contributed by atoms with Crippen LogP contribution in [0.3, 0.4) is 0 Å². The Kier molecular flexibility index (Phi) is 3.49. The average molecular weight is 248 g/mol. The van der Waals surface area contributed by atoms with Crippen molar-refractivity contribution in [3.63, 3.8) is 0 Å². The zero-order valence-electron chi connectivity index (χ0n) is 8.24. The largest absolute Gasteiger partial charge is 0.295 e. The molecule has 1 N–H and O–H groups in total. The Hall–Kier alpha value is -0.910. The van der Waals surface area contributed by atoms with E-state index in [1.165, 1.54) is 32.2 Å². The zero-order chi connectivity index (χ0) is 11.6. The van der Waals surface area contributed by atoms with Gasteiger partial charge >= 0.3 is 0 Å². The number of hydrogen-bond acceptors (Lipinski definition) is 3.